The smallest absolute Gasteiger partial charge is 0.453 e. The fourth-order valence-electron chi connectivity index (χ4n) is 2.52. The molecule has 0 aromatic carbocycles. The van der Waals surface area contributed by atoms with Gasteiger partial charge in [0.1, 0.15) is 0 Å². The molecule has 2 aliphatic rings. The van der Waals surface area contributed by atoms with Gasteiger partial charge in [-0.25, -0.2) is 19.2 Å². The summed E-state index contributed by atoms with van der Waals surface area (Å²) in [5, 5.41) is 17.0. The van der Waals surface area contributed by atoms with Crippen molar-refractivity contribution in [2.75, 3.05) is 13.2 Å². The van der Waals surface area contributed by atoms with Crippen LogP contribution in [0.5, 0.6) is 0 Å². The van der Waals surface area contributed by atoms with Gasteiger partial charge in [-0.05, 0) is 4.85 Å². The van der Waals surface area contributed by atoms with E-state index in [2.05, 4.69) is 4.85 Å². The third-order valence-electron chi connectivity index (χ3n) is 3.56. The van der Waals surface area contributed by atoms with Crippen LogP contribution < -0.4 is 0 Å². The van der Waals surface area contributed by atoms with Crippen LogP contribution in [0.15, 0.2) is 24.3 Å². The molecule has 2 aliphatic heterocycles. The number of carboxylic acid groups (broad SMARTS) is 2. The van der Waals surface area contributed by atoms with Crippen molar-refractivity contribution >= 4 is 23.9 Å². The number of esters is 2. The summed E-state index contributed by atoms with van der Waals surface area (Å²) >= 11 is 0. The third-order valence-corrected chi connectivity index (χ3v) is 3.56. The number of fused-ring (bicyclic) bond motifs is 1. The van der Waals surface area contributed by atoms with Gasteiger partial charge in [0, 0.05) is 24.3 Å². The molecular weight excluding hydrogens is 354 g/mol. The van der Waals surface area contributed by atoms with Crippen molar-refractivity contribution < 1.29 is 48.3 Å². The largest absolute Gasteiger partial charge is 0.478 e. The molecule has 0 aromatic heterocycles. The number of rotatable bonds is 6. The van der Waals surface area contributed by atoms with Gasteiger partial charge in [-0.3, -0.25) is 4.74 Å². The van der Waals surface area contributed by atoms with E-state index in [-0.39, 0.29) is 13.2 Å². The minimum absolute atomic E-state index is 0.183. The lowest BCUT2D eigenvalue weighted by Gasteiger charge is -2.16. The van der Waals surface area contributed by atoms with Crippen molar-refractivity contribution in [3.8, 4) is 6.57 Å². The topological polar surface area (TPSA) is 150 Å². The highest BCUT2D eigenvalue weighted by atomic mass is 16.7. The number of carbonyl (C=O) groups is 4. The number of ether oxygens (including phenoxy) is 4. The van der Waals surface area contributed by atoms with Gasteiger partial charge >= 0.3 is 29.6 Å². The number of hydrogen-bond acceptors (Lipinski definition) is 8. The number of aliphatic carboxylic acids is 2. The molecule has 11 heteroatoms. The van der Waals surface area contributed by atoms with Gasteiger partial charge in [-0.1, -0.05) is 0 Å². The monoisotopic (exact) mass is 368 g/mol. The lowest BCUT2D eigenvalue weighted by Crippen LogP contribution is -2.46. The molecule has 0 saturated carbocycles. The van der Waals surface area contributed by atoms with Crippen LogP contribution >= 0.6 is 0 Å². The van der Waals surface area contributed by atoms with Crippen LogP contribution in [0.1, 0.15) is 0 Å². The minimum Gasteiger partial charge on any atom is -0.478 e. The van der Waals surface area contributed by atoms with Crippen LogP contribution in [-0.2, 0) is 38.1 Å². The number of carbonyl (C=O) groups excluding carboxylic acids is 2. The van der Waals surface area contributed by atoms with E-state index in [0.717, 1.165) is 0 Å². The highest BCUT2D eigenvalue weighted by Crippen LogP contribution is 2.41. The van der Waals surface area contributed by atoms with Crippen molar-refractivity contribution in [2.24, 2.45) is 0 Å². The summed E-state index contributed by atoms with van der Waals surface area (Å²) in [6.45, 7) is 5.01. The summed E-state index contributed by atoms with van der Waals surface area (Å²) in [4.78, 5) is 47.6. The molecule has 2 rings (SSSR count). The Hall–Kier alpha value is -3.23. The molecule has 0 bridgehead atoms. The molecule has 2 fully saturated rings. The summed E-state index contributed by atoms with van der Waals surface area (Å²) < 4.78 is 21.0. The predicted octanol–water partition coefficient (Wildman–Crippen LogP) is -0.820. The fourth-order valence-corrected chi connectivity index (χ4v) is 2.52. The molecule has 0 aliphatic carbocycles. The molecule has 138 valence electrons. The second-order valence-corrected chi connectivity index (χ2v) is 5.19. The molecule has 0 radical (unpaired) electrons. The maximum atomic E-state index is 11.6. The Bertz CT molecular complexity index is 720. The van der Waals surface area contributed by atoms with Crippen LogP contribution in [0.25, 0.3) is 4.85 Å². The predicted molar refractivity (Wildman–Crippen MR) is 80.0 cm³/mol. The van der Waals surface area contributed by atoms with E-state index >= 15 is 0 Å². The Morgan fingerprint density at radius 3 is 2.12 bits per heavy atom. The second-order valence-electron chi connectivity index (χ2n) is 5.19. The highest BCUT2D eigenvalue weighted by Gasteiger charge is 2.72. The normalized spacial score (nSPS) is 30.0. The van der Waals surface area contributed by atoms with E-state index in [1.54, 1.807) is 0 Å². The molecular formula is C15H14NO10+. The molecule has 26 heavy (non-hydrogen) atoms. The number of hydrogen-bond donors (Lipinski definition) is 2. The van der Waals surface area contributed by atoms with Gasteiger partial charge in [0.05, 0.1) is 13.2 Å². The summed E-state index contributed by atoms with van der Waals surface area (Å²) in [6.07, 6.45) is -0.442. The highest BCUT2D eigenvalue weighted by molar-refractivity contribution is 5.91. The van der Waals surface area contributed by atoms with Gasteiger partial charge in [0.2, 0.25) is 12.2 Å². The van der Waals surface area contributed by atoms with Crippen molar-refractivity contribution in [3.05, 3.63) is 29.1 Å². The quantitative estimate of drug-likeness (QED) is 0.449. The average Bonchev–Trinajstić information content (AvgIpc) is 3.10. The van der Waals surface area contributed by atoms with E-state index in [0.29, 0.717) is 24.3 Å². The van der Waals surface area contributed by atoms with Crippen molar-refractivity contribution in [1.29, 1.82) is 0 Å². The van der Waals surface area contributed by atoms with Gasteiger partial charge in [-0.2, -0.15) is 0 Å². The number of carboxylic acids is 2. The van der Waals surface area contributed by atoms with Crippen molar-refractivity contribution in [3.63, 3.8) is 0 Å². The van der Waals surface area contributed by atoms with Gasteiger partial charge in [0.15, 0.2) is 6.10 Å². The molecule has 0 unspecified atom stereocenters. The van der Waals surface area contributed by atoms with Crippen LogP contribution in [-0.4, -0.2) is 71.3 Å². The molecule has 0 spiro atoms. The Morgan fingerprint density at radius 2 is 1.58 bits per heavy atom. The van der Waals surface area contributed by atoms with E-state index in [9.17, 15) is 19.2 Å². The fraction of sp³-hybridized carbons (Fsp3) is 0.400. The van der Waals surface area contributed by atoms with Crippen LogP contribution in [0.2, 0.25) is 0 Å². The summed E-state index contributed by atoms with van der Waals surface area (Å²) in [7, 11) is 0. The second kappa shape index (κ2) is 7.77. The Labute approximate surface area is 146 Å². The Morgan fingerprint density at radius 1 is 1.00 bits per heavy atom. The molecule has 0 amide bonds. The van der Waals surface area contributed by atoms with E-state index in [1.165, 1.54) is 0 Å². The molecule has 0 aromatic rings. The SMILES string of the molecule is C#[N+][C@]12OC[C@@H](OC(=O)/C=C/C(=O)O)[C@H]1OC[C@@H]2OC(=O)/C=C/C(=O)O. The minimum atomic E-state index is -1.63. The first-order valence-electron chi connectivity index (χ1n) is 7.19. The first kappa shape index (κ1) is 19.1. The Balaban J connectivity index is 2.05. The van der Waals surface area contributed by atoms with E-state index in [4.69, 9.17) is 35.7 Å². The Kier molecular flexibility index (Phi) is 5.71. The standard InChI is InChI=1S/C15H13NO10/c1-16-15-9(26-13(22)5-3-11(19)20)7-23-14(15)8(6-24-15)25-12(21)4-2-10(17)18/h1-5,8-9,14H,6-7H2,(H-,17,18,19,20)/p+1/b4-2+,5-3+/t8-,9+,14-,15-/m1/s1. The molecule has 4 atom stereocenters. The van der Waals surface area contributed by atoms with Crippen LogP contribution in [0.4, 0.5) is 0 Å². The zero-order chi connectivity index (χ0) is 19.3. The van der Waals surface area contributed by atoms with Crippen LogP contribution in [0.3, 0.4) is 0 Å². The third kappa shape index (κ3) is 4.05. The molecule has 2 heterocycles. The summed E-state index contributed by atoms with van der Waals surface area (Å²) in [5.41, 5.74) is -1.63. The van der Waals surface area contributed by atoms with E-state index < -0.39 is 47.9 Å². The van der Waals surface area contributed by atoms with Crippen molar-refractivity contribution in [1.82, 2.24) is 0 Å². The zero-order valence-corrected chi connectivity index (χ0v) is 13.1. The van der Waals surface area contributed by atoms with Crippen LogP contribution in [0, 0.1) is 6.57 Å². The van der Waals surface area contributed by atoms with Crippen molar-refractivity contribution in [2.45, 2.75) is 24.0 Å². The molecule has 2 N–H and O–H groups in total. The summed E-state index contributed by atoms with van der Waals surface area (Å²) in [5.74, 6) is -4.57. The first-order valence-corrected chi connectivity index (χ1v) is 7.19. The molecule has 2 saturated heterocycles. The number of nitrogens with zero attached hydrogens (tertiary/aromatic N) is 1. The summed E-state index contributed by atoms with van der Waals surface area (Å²) in [6, 6.07) is 0. The average molecular weight is 368 g/mol. The lowest BCUT2D eigenvalue weighted by molar-refractivity contribution is -0.152. The maximum Gasteiger partial charge on any atom is 0.453 e. The zero-order valence-electron chi connectivity index (χ0n) is 13.1. The van der Waals surface area contributed by atoms with Gasteiger partial charge in [0.25, 0.3) is 6.57 Å². The molecule has 11 nitrogen and oxygen atoms in total. The lowest BCUT2D eigenvalue weighted by atomic mass is 10.0. The first-order chi connectivity index (χ1) is 12.3. The maximum absolute atomic E-state index is 11.6. The van der Waals surface area contributed by atoms with E-state index in [1.807, 2.05) is 0 Å². The van der Waals surface area contributed by atoms with Gasteiger partial charge in [-0.15, -0.1) is 0 Å². The van der Waals surface area contributed by atoms with Gasteiger partial charge < -0.3 is 24.4 Å².